The van der Waals surface area contributed by atoms with Gasteiger partial charge in [0.05, 0.1) is 28.1 Å². The van der Waals surface area contributed by atoms with E-state index in [2.05, 4.69) is 152 Å². The Balaban J connectivity index is 1.12. The number of halogens is 2. The number of hydrogen-bond acceptors (Lipinski definition) is 4. The van der Waals surface area contributed by atoms with Gasteiger partial charge in [-0.15, -0.1) is 0 Å². The molecule has 0 bridgehead atoms. The minimum atomic E-state index is -0.613. The standard InChI is InChI=1S/C56H48F2N4O/c1-6-36-15-14-16-37(7-2)55(36)39-29-43(60-35-61(52-22-13-12-21-51(52)60)49-19-10-8-17-46(49)38-27-41(57)32-42(58)28-38)33-45(30-39)63-44-23-24-48-47-18-9-11-20-50(47)62(53(48)34-44)54-31-40(25-26-59-54)56(3,4)5/h8-34H,6-7,35H2,1-5H3. The fourth-order valence-corrected chi connectivity index (χ4v) is 9.26. The van der Waals surface area contributed by atoms with Crippen LogP contribution in [0.15, 0.2) is 164 Å². The van der Waals surface area contributed by atoms with Crippen LogP contribution in [0.25, 0.3) is 49.9 Å². The van der Waals surface area contributed by atoms with E-state index in [4.69, 9.17) is 9.72 Å². The molecule has 7 aromatic carbocycles. The van der Waals surface area contributed by atoms with Crippen molar-refractivity contribution < 1.29 is 13.5 Å². The third kappa shape index (κ3) is 7.27. The summed E-state index contributed by atoms with van der Waals surface area (Å²) in [4.78, 5) is 9.41. The molecule has 312 valence electrons. The van der Waals surface area contributed by atoms with Gasteiger partial charge in [-0.05, 0) is 124 Å². The number of anilines is 4. The van der Waals surface area contributed by atoms with Crippen molar-refractivity contribution in [1.29, 1.82) is 0 Å². The summed E-state index contributed by atoms with van der Waals surface area (Å²) in [6.45, 7) is 11.5. The van der Waals surface area contributed by atoms with Crippen molar-refractivity contribution in [3.63, 3.8) is 0 Å². The van der Waals surface area contributed by atoms with E-state index in [0.717, 1.165) is 80.4 Å². The number of hydrogen-bond donors (Lipinski definition) is 0. The number of para-hydroxylation sites is 4. The molecular formula is C56H48F2N4O. The fraction of sp³-hybridized carbons (Fsp3) is 0.161. The van der Waals surface area contributed by atoms with Crippen molar-refractivity contribution >= 4 is 44.6 Å². The Labute approximate surface area is 367 Å². The second-order valence-electron chi connectivity index (χ2n) is 17.3. The molecule has 0 saturated heterocycles. The smallest absolute Gasteiger partial charge is 0.137 e. The number of rotatable bonds is 9. The molecule has 0 fully saturated rings. The number of nitrogens with zero attached hydrogens (tertiary/aromatic N) is 4. The van der Waals surface area contributed by atoms with E-state index >= 15 is 0 Å². The molecule has 0 aliphatic carbocycles. The van der Waals surface area contributed by atoms with Crippen LogP contribution < -0.4 is 14.5 Å². The topological polar surface area (TPSA) is 33.5 Å². The van der Waals surface area contributed by atoms with Crippen LogP contribution in [-0.2, 0) is 18.3 Å². The van der Waals surface area contributed by atoms with Crippen molar-refractivity contribution in [2.24, 2.45) is 0 Å². The lowest BCUT2D eigenvalue weighted by atomic mass is 9.88. The Morgan fingerprint density at radius 3 is 1.97 bits per heavy atom. The monoisotopic (exact) mass is 830 g/mol. The lowest BCUT2D eigenvalue weighted by Crippen LogP contribution is -2.24. The summed E-state index contributed by atoms with van der Waals surface area (Å²) in [6.07, 6.45) is 3.67. The van der Waals surface area contributed by atoms with E-state index in [1.807, 2.05) is 42.6 Å². The highest BCUT2D eigenvalue weighted by Crippen LogP contribution is 2.49. The zero-order valence-corrected chi connectivity index (χ0v) is 36.2. The molecule has 10 rings (SSSR count). The van der Waals surface area contributed by atoms with E-state index in [9.17, 15) is 8.78 Å². The molecule has 0 amide bonds. The molecule has 0 saturated carbocycles. The third-order valence-corrected chi connectivity index (χ3v) is 12.3. The summed E-state index contributed by atoms with van der Waals surface area (Å²) >= 11 is 0. The van der Waals surface area contributed by atoms with Crippen LogP contribution in [0.3, 0.4) is 0 Å². The number of pyridine rings is 1. The van der Waals surface area contributed by atoms with Gasteiger partial charge in [-0.3, -0.25) is 4.57 Å². The molecule has 5 nitrogen and oxygen atoms in total. The highest BCUT2D eigenvalue weighted by atomic mass is 19.1. The van der Waals surface area contributed by atoms with Gasteiger partial charge in [0.25, 0.3) is 0 Å². The quantitative estimate of drug-likeness (QED) is 0.145. The van der Waals surface area contributed by atoms with Gasteiger partial charge < -0.3 is 14.5 Å². The highest BCUT2D eigenvalue weighted by Gasteiger charge is 2.30. The average Bonchev–Trinajstić information content (AvgIpc) is 3.84. The lowest BCUT2D eigenvalue weighted by molar-refractivity contribution is 0.483. The van der Waals surface area contributed by atoms with Gasteiger partial charge in [0.1, 0.15) is 35.6 Å². The van der Waals surface area contributed by atoms with Crippen LogP contribution in [0, 0.1) is 11.6 Å². The maximum Gasteiger partial charge on any atom is 0.137 e. The molecule has 9 aromatic rings. The summed E-state index contributed by atoms with van der Waals surface area (Å²) < 4.78 is 38.5. The van der Waals surface area contributed by atoms with Crippen LogP contribution in [0.4, 0.5) is 31.5 Å². The number of benzene rings is 7. The molecule has 0 N–H and O–H groups in total. The van der Waals surface area contributed by atoms with E-state index in [1.54, 1.807) is 0 Å². The molecule has 3 heterocycles. The SMILES string of the molecule is CCc1cccc(CC)c1-c1cc(Oc2ccc3c4ccccc4n(-c4cc(C(C)(C)C)ccn4)c3c2)cc(N2CN(c3ccccc3-c3cc(F)cc(F)c3)c3ccccc32)c1. The predicted molar refractivity (Wildman–Crippen MR) is 255 cm³/mol. The zero-order valence-electron chi connectivity index (χ0n) is 36.2. The van der Waals surface area contributed by atoms with Crippen molar-refractivity contribution in [1.82, 2.24) is 9.55 Å². The Hall–Kier alpha value is -7.25. The first-order valence-electron chi connectivity index (χ1n) is 21.7. The van der Waals surface area contributed by atoms with E-state index in [1.165, 1.54) is 34.4 Å². The zero-order chi connectivity index (χ0) is 43.4. The summed E-state index contributed by atoms with van der Waals surface area (Å²) in [6, 6.07) is 52.0. The summed E-state index contributed by atoms with van der Waals surface area (Å²) in [5.74, 6) is 1.05. The van der Waals surface area contributed by atoms with Gasteiger partial charge in [-0.2, -0.15) is 0 Å². The maximum atomic E-state index is 14.6. The lowest BCUT2D eigenvalue weighted by Gasteiger charge is -2.25. The summed E-state index contributed by atoms with van der Waals surface area (Å²) in [7, 11) is 0. The largest absolute Gasteiger partial charge is 0.457 e. The molecule has 0 atom stereocenters. The Kier molecular flexibility index (Phi) is 10.1. The van der Waals surface area contributed by atoms with Gasteiger partial charge in [0.2, 0.25) is 0 Å². The summed E-state index contributed by atoms with van der Waals surface area (Å²) in [5.41, 5.74) is 13.1. The highest BCUT2D eigenvalue weighted by molar-refractivity contribution is 6.09. The third-order valence-electron chi connectivity index (χ3n) is 12.3. The van der Waals surface area contributed by atoms with Gasteiger partial charge >= 0.3 is 0 Å². The van der Waals surface area contributed by atoms with Crippen LogP contribution in [0.2, 0.25) is 0 Å². The molecule has 1 aliphatic rings. The van der Waals surface area contributed by atoms with E-state index in [-0.39, 0.29) is 5.41 Å². The molecule has 0 spiro atoms. The molecule has 63 heavy (non-hydrogen) atoms. The van der Waals surface area contributed by atoms with Crippen molar-refractivity contribution in [2.45, 2.75) is 52.9 Å². The van der Waals surface area contributed by atoms with Crippen molar-refractivity contribution in [3.05, 3.63) is 192 Å². The minimum Gasteiger partial charge on any atom is -0.457 e. The molecule has 2 aromatic heterocycles. The predicted octanol–water partition coefficient (Wildman–Crippen LogP) is 15.3. The van der Waals surface area contributed by atoms with Crippen LogP contribution >= 0.6 is 0 Å². The van der Waals surface area contributed by atoms with Crippen LogP contribution in [0.5, 0.6) is 11.5 Å². The van der Waals surface area contributed by atoms with E-state index < -0.39 is 11.6 Å². The molecule has 0 radical (unpaired) electrons. The fourth-order valence-electron chi connectivity index (χ4n) is 9.26. The first-order valence-corrected chi connectivity index (χ1v) is 21.7. The number of aromatic nitrogens is 2. The van der Waals surface area contributed by atoms with Crippen LogP contribution in [0.1, 0.15) is 51.3 Å². The van der Waals surface area contributed by atoms with Gasteiger partial charge in [0.15, 0.2) is 0 Å². The van der Waals surface area contributed by atoms with Crippen molar-refractivity contribution in [2.75, 3.05) is 16.5 Å². The normalized spacial score (nSPS) is 12.7. The summed E-state index contributed by atoms with van der Waals surface area (Å²) in [5, 5.41) is 2.27. The minimum absolute atomic E-state index is 0.0432. The van der Waals surface area contributed by atoms with Crippen molar-refractivity contribution in [3.8, 4) is 39.6 Å². The Morgan fingerprint density at radius 1 is 0.571 bits per heavy atom. The van der Waals surface area contributed by atoms with Gasteiger partial charge in [-0.25, -0.2) is 13.8 Å². The molecule has 0 unspecified atom stereocenters. The Morgan fingerprint density at radius 2 is 1.24 bits per heavy atom. The van der Waals surface area contributed by atoms with Gasteiger partial charge in [-0.1, -0.05) is 101 Å². The number of aryl methyl sites for hydroxylation is 2. The molecule has 7 heteroatoms. The number of fused-ring (bicyclic) bond motifs is 4. The van der Waals surface area contributed by atoms with E-state index in [0.29, 0.717) is 23.7 Å². The number of ether oxygens (including phenoxy) is 1. The van der Waals surface area contributed by atoms with Gasteiger partial charge in [0, 0.05) is 46.4 Å². The second kappa shape index (κ2) is 15.9. The van der Waals surface area contributed by atoms with Crippen LogP contribution in [-0.4, -0.2) is 16.2 Å². The average molecular weight is 831 g/mol. The maximum absolute atomic E-state index is 14.6. The first-order chi connectivity index (χ1) is 30.6. The molecule has 1 aliphatic heterocycles. The Bertz CT molecular complexity index is 3160. The molecular weight excluding hydrogens is 783 g/mol. The second-order valence-corrected chi connectivity index (χ2v) is 17.3. The first kappa shape index (κ1) is 39.9.